The predicted molar refractivity (Wildman–Crippen MR) is 86.9 cm³/mol. The second kappa shape index (κ2) is 5.93. The van der Waals surface area contributed by atoms with Gasteiger partial charge in [0.25, 0.3) is 0 Å². The SMILES string of the molecule is O=C(CC1(C(=O)O)CCC1)Nc1cccc(-c2cccs2)c1. The van der Waals surface area contributed by atoms with Crippen molar-refractivity contribution in [1.82, 2.24) is 0 Å². The van der Waals surface area contributed by atoms with Gasteiger partial charge in [-0.3, -0.25) is 9.59 Å². The van der Waals surface area contributed by atoms with E-state index in [0.717, 1.165) is 16.9 Å². The van der Waals surface area contributed by atoms with Crippen LogP contribution in [0.4, 0.5) is 5.69 Å². The number of hydrogen-bond donors (Lipinski definition) is 2. The molecule has 1 aromatic carbocycles. The summed E-state index contributed by atoms with van der Waals surface area (Å²) >= 11 is 1.64. The zero-order valence-corrected chi connectivity index (χ0v) is 12.9. The third-order valence-corrected chi connectivity index (χ3v) is 5.13. The Labute approximate surface area is 132 Å². The van der Waals surface area contributed by atoms with Crippen molar-refractivity contribution in [3.05, 3.63) is 41.8 Å². The summed E-state index contributed by atoms with van der Waals surface area (Å²) < 4.78 is 0. The molecule has 0 aliphatic heterocycles. The summed E-state index contributed by atoms with van der Waals surface area (Å²) in [6.07, 6.45) is 2.11. The molecule has 0 unspecified atom stereocenters. The van der Waals surface area contributed by atoms with Crippen LogP contribution in [0.3, 0.4) is 0 Å². The monoisotopic (exact) mass is 315 g/mol. The summed E-state index contributed by atoms with van der Waals surface area (Å²) in [6.45, 7) is 0. The van der Waals surface area contributed by atoms with Crippen LogP contribution < -0.4 is 5.32 Å². The molecule has 1 fully saturated rings. The van der Waals surface area contributed by atoms with Gasteiger partial charge in [-0.25, -0.2) is 0 Å². The molecule has 1 amide bonds. The zero-order valence-electron chi connectivity index (χ0n) is 12.0. The number of amides is 1. The molecule has 1 aliphatic rings. The fraction of sp³-hybridized carbons (Fsp3) is 0.294. The molecule has 5 heteroatoms. The topological polar surface area (TPSA) is 66.4 Å². The van der Waals surface area contributed by atoms with Crippen molar-refractivity contribution in [3.63, 3.8) is 0 Å². The Morgan fingerprint density at radius 2 is 2.05 bits per heavy atom. The quantitative estimate of drug-likeness (QED) is 0.876. The van der Waals surface area contributed by atoms with Crippen LogP contribution in [0.2, 0.25) is 0 Å². The van der Waals surface area contributed by atoms with Gasteiger partial charge in [-0.15, -0.1) is 11.3 Å². The molecular formula is C17H17NO3S. The Balaban J connectivity index is 1.69. The summed E-state index contributed by atoms with van der Waals surface area (Å²) in [7, 11) is 0. The number of carboxylic acids is 1. The van der Waals surface area contributed by atoms with E-state index in [0.29, 0.717) is 18.5 Å². The summed E-state index contributed by atoms with van der Waals surface area (Å²) in [4.78, 5) is 24.6. The maximum Gasteiger partial charge on any atom is 0.310 e. The minimum absolute atomic E-state index is 0.0472. The fourth-order valence-corrected chi connectivity index (χ4v) is 3.50. The lowest BCUT2D eigenvalue weighted by Crippen LogP contribution is -2.41. The van der Waals surface area contributed by atoms with Gasteiger partial charge in [0, 0.05) is 17.0 Å². The lowest BCUT2D eigenvalue weighted by Gasteiger charge is -2.36. The predicted octanol–water partition coefficient (Wildman–Crippen LogP) is 4.00. The van der Waals surface area contributed by atoms with Crippen LogP contribution in [0.15, 0.2) is 41.8 Å². The van der Waals surface area contributed by atoms with Crippen LogP contribution in [0, 0.1) is 5.41 Å². The highest BCUT2D eigenvalue weighted by Gasteiger charge is 2.45. The largest absolute Gasteiger partial charge is 0.481 e. The van der Waals surface area contributed by atoms with E-state index in [4.69, 9.17) is 0 Å². The minimum Gasteiger partial charge on any atom is -0.481 e. The first-order valence-corrected chi connectivity index (χ1v) is 8.14. The van der Waals surface area contributed by atoms with Crippen molar-refractivity contribution in [2.24, 2.45) is 5.41 Å². The molecule has 22 heavy (non-hydrogen) atoms. The van der Waals surface area contributed by atoms with Gasteiger partial charge < -0.3 is 10.4 Å². The molecule has 1 heterocycles. The van der Waals surface area contributed by atoms with Crippen molar-refractivity contribution in [2.45, 2.75) is 25.7 Å². The summed E-state index contributed by atoms with van der Waals surface area (Å²) in [5, 5.41) is 14.1. The van der Waals surface area contributed by atoms with Gasteiger partial charge in [0.2, 0.25) is 5.91 Å². The molecule has 1 aliphatic carbocycles. The lowest BCUT2D eigenvalue weighted by molar-refractivity contribution is -0.157. The highest BCUT2D eigenvalue weighted by Crippen LogP contribution is 2.44. The highest BCUT2D eigenvalue weighted by atomic mass is 32.1. The normalized spacial score (nSPS) is 15.8. The van der Waals surface area contributed by atoms with Gasteiger partial charge >= 0.3 is 5.97 Å². The third-order valence-electron chi connectivity index (χ3n) is 4.22. The summed E-state index contributed by atoms with van der Waals surface area (Å²) in [6, 6.07) is 11.6. The van der Waals surface area contributed by atoms with Crippen molar-refractivity contribution in [1.29, 1.82) is 0 Å². The number of nitrogens with one attached hydrogen (secondary N) is 1. The molecule has 0 radical (unpaired) electrons. The van der Waals surface area contributed by atoms with Gasteiger partial charge in [0.05, 0.1) is 5.41 Å². The van der Waals surface area contributed by atoms with Crippen molar-refractivity contribution in [2.75, 3.05) is 5.32 Å². The van der Waals surface area contributed by atoms with E-state index in [1.54, 1.807) is 11.3 Å². The molecular weight excluding hydrogens is 298 g/mol. The van der Waals surface area contributed by atoms with Crippen LogP contribution in [-0.4, -0.2) is 17.0 Å². The average Bonchev–Trinajstić information content (AvgIpc) is 2.97. The Bertz CT molecular complexity index is 690. The fourth-order valence-electron chi connectivity index (χ4n) is 2.78. The molecule has 0 saturated heterocycles. The standard InChI is InChI=1S/C17H17NO3S/c19-15(11-17(16(20)21)7-3-8-17)18-13-5-1-4-12(10-13)14-6-2-9-22-14/h1-2,4-6,9-10H,3,7-8,11H2,(H,18,19)(H,20,21). The number of hydrogen-bond acceptors (Lipinski definition) is 3. The van der Waals surface area contributed by atoms with Crippen LogP contribution >= 0.6 is 11.3 Å². The molecule has 1 saturated carbocycles. The Kier molecular flexibility index (Phi) is 3.98. The zero-order chi connectivity index (χ0) is 15.6. The van der Waals surface area contributed by atoms with E-state index in [-0.39, 0.29) is 12.3 Å². The van der Waals surface area contributed by atoms with E-state index in [2.05, 4.69) is 5.32 Å². The van der Waals surface area contributed by atoms with Gasteiger partial charge in [-0.1, -0.05) is 24.6 Å². The number of carboxylic acid groups (broad SMARTS) is 1. The maximum absolute atomic E-state index is 12.2. The van der Waals surface area contributed by atoms with Gasteiger partial charge in [-0.2, -0.15) is 0 Å². The Morgan fingerprint density at radius 1 is 1.23 bits per heavy atom. The number of carbonyl (C=O) groups is 2. The molecule has 2 aromatic rings. The second-order valence-electron chi connectivity index (χ2n) is 5.72. The first-order valence-electron chi connectivity index (χ1n) is 7.26. The first-order chi connectivity index (χ1) is 10.6. The Hall–Kier alpha value is -2.14. The summed E-state index contributed by atoms with van der Waals surface area (Å²) in [5.74, 6) is -1.09. The maximum atomic E-state index is 12.2. The molecule has 1 aromatic heterocycles. The smallest absolute Gasteiger partial charge is 0.310 e. The van der Waals surface area contributed by atoms with Crippen LogP contribution in [0.25, 0.3) is 10.4 Å². The molecule has 114 valence electrons. The van der Waals surface area contributed by atoms with Gasteiger partial charge in [-0.05, 0) is 42.0 Å². The first kappa shape index (κ1) is 14.8. The van der Waals surface area contributed by atoms with Crippen LogP contribution in [0.1, 0.15) is 25.7 Å². The van der Waals surface area contributed by atoms with Crippen molar-refractivity contribution in [3.8, 4) is 10.4 Å². The number of aliphatic carboxylic acids is 1. The molecule has 0 atom stereocenters. The van der Waals surface area contributed by atoms with Crippen molar-refractivity contribution >= 4 is 28.9 Å². The van der Waals surface area contributed by atoms with E-state index < -0.39 is 11.4 Å². The number of anilines is 1. The van der Waals surface area contributed by atoms with Gasteiger partial charge in [0.1, 0.15) is 0 Å². The molecule has 2 N–H and O–H groups in total. The molecule has 0 spiro atoms. The van der Waals surface area contributed by atoms with Gasteiger partial charge in [0.15, 0.2) is 0 Å². The van der Waals surface area contributed by atoms with Crippen LogP contribution in [-0.2, 0) is 9.59 Å². The van der Waals surface area contributed by atoms with E-state index in [9.17, 15) is 14.7 Å². The number of thiophene rings is 1. The molecule has 4 nitrogen and oxygen atoms in total. The van der Waals surface area contributed by atoms with Crippen molar-refractivity contribution < 1.29 is 14.7 Å². The highest BCUT2D eigenvalue weighted by molar-refractivity contribution is 7.13. The van der Waals surface area contributed by atoms with E-state index >= 15 is 0 Å². The summed E-state index contributed by atoms with van der Waals surface area (Å²) in [5.41, 5.74) is 0.898. The molecule has 3 rings (SSSR count). The van der Waals surface area contributed by atoms with E-state index in [1.807, 2.05) is 41.8 Å². The number of benzene rings is 1. The second-order valence-corrected chi connectivity index (χ2v) is 6.67. The number of rotatable bonds is 5. The molecule has 0 bridgehead atoms. The lowest BCUT2D eigenvalue weighted by atomic mass is 9.66. The minimum atomic E-state index is -0.860. The average molecular weight is 315 g/mol. The number of carbonyl (C=O) groups excluding carboxylic acids is 1. The van der Waals surface area contributed by atoms with Crippen LogP contribution in [0.5, 0.6) is 0 Å². The third kappa shape index (κ3) is 2.90. The Morgan fingerprint density at radius 3 is 2.64 bits per heavy atom. The van der Waals surface area contributed by atoms with E-state index in [1.165, 1.54) is 0 Å².